The molecule has 2 aromatic carbocycles. The molecule has 1 atom stereocenters. The zero-order valence-corrected chi connectivity index (χ0v) is 17.4. The molecular formula is C25H25N3O3. The Labute approximate surface area is 181 Å². The number of imidazole rings is 1. The number of rotatable bonds is 8. The van der Waals surface area contributed by atoms with E-state index in [0.717, 1.165) is 12.0 Å². The van der Waals surface area contributed by atoms with Crippen LogP contribution >= 0.6 is 0 Å². The SMILES string of the molecule is Cc1nc2c(OCCc3ccccc3)cccn2c1C(=O)N[C@@H](CO)c1ccccc1. The van der Waals surface area contributed by atoms with Crippen molar-refractivity contribution in [3.05, 3.63) is 102 Å². The first-order valence-electron chi connectivity index (χ1n) is 10.3. The highest BCUT2D eigenvalue weighted by molar-refractivity contribution is 5.95. The second-order valence-corrected chi connectivity index (χ2v) is 7.32. The van der Waals surface area contributed by atoms with Gasteiger partial charge in [0.1, 0.15) is 5.69 Å². The van der Waals surface area contributed by atoms with Crippen LogP contribution in [0.15, 0.2) is 79.0 Å². The largest absolute Gasteiger partial charge is 0.489 e. The summed E-state index contributed by atoms with van der Waals surface area (Å²) in [5.74, 6) is 0.330. The van der Waals surface area contributed by atoms with Crippen LogP contribution in [0.3, 0.4) is 0 Å². The van der Waals surface area contributed by atoms with E-state index in [1.807, 2.05) is 60.7 Å². The van der Waals surface area contributed by atoms with Gasteiger partial charge in [-0.15, -0.1) is 0 Å². The van der Waals surface area contributed by atoms with E-state index < -0.39 is 6.04 Å². The molecule has 158 valence electrons. The summed E-state index contributed by atoms with van der Waals surface area (Å²) >= 11 is 0. The first kappa shape index (κ1) is 20.6. The van der Waals surface area contributed by atoms with E-state index in [4.69, 9.17) is 4.74 Å². The highest BCUT2D eigenvalue weighted by atomic mass is 16.5. The Kier molecular flexibility index (Phi) is 6.29. The van der Waals surface area contributed by atoms with Crippen molar-refractivity contribution in [1.82, 2.24) is 14.7 Å². The van der Waals surface area contributed by atoms with Gasteiger partial charge in [-0.1, -0.05) is 60.7 Å². The molecule has 4 rings (SSSR count). The van der Waals surface area contributed by atoms with Crippen molar-refractivity contribution in [2.24, 2.45) is 0 Å². The Morgan fingerprint density at radius 1 is 1.06 bits per heavy atom. The highest BCUT2D eigenvalue weighted by Gasteiger charge is 2.22. The molecule has 1 amide bonds. The number of fused-ring (bicyclic) bond motifs is 1. The van der Waals surface area contributed by atoms with Gasteiger partial charge in [0.15, 0.2) is 11.4 Å². The van der Waals surface area contributed by atoms with Crippen LogP contribution in [0.2, 0.25) is 0 Å². The fourth-order valence-electron chi connectivity index (χ4n) is 3.61. The average molecular weight is 415 g/mol. The number of aromatic nitrogens is 2. The van der Waals surface area contributed by atoms with Gasteiger partial charge in [0.2, 0.25) is 0 Å². The predicted molar refractivity (Wildman–Crippen MR) is 119 cm³/mol. The minimum atomic E-state index is -0.496. The molecule has 0 saturated carbocycles. The Morgan fingerprint density at radius 2 is 1.77 bits per heavy atom. The van der Waals surface area contributed by atoms with Crippen molar-refractivity contribution in [3.8, 4) is 5.75 Å². The standard InChI is InChI=1S/C25H25N3O3/c1-18-23(25(30)27-21(17-29)20-11-6-3-7-12-20)28-15-8-13-22(24(28)26-18)31-16-14-19-9-4-2-5-10-19/h2-13,15,21,29H,14,16-17H2,1H3,(H,27,30)/t21-/m0/s1. The Balaban J connectivity index is 1.54. The normalized spacial score (nSPS) is 11.9. The highest BCUT2D eigenvalue weighted by Crippen LogP contribution is 2.23. The van der Waals surface area contributed by atoms with E-state index in [-0.39, 0.29) is 12.5 Å². The fraction of sp³-hybridized carbons (Fsp3) is 0.200. The minimum Gasteiger partial charge on any atom is -0.489 e. The van der Waals surface area contributed by atoms with E-state index in [2.05, 4.69) is 22.4 Å². The van der Waals surface area contributed by atoms with Crippen LogP contribution in [0.1, 0.15) is 33.4 Å². The number of nitrogens with zero attached hydrogens (tertiary/aromatic N) is 2. The first-order valence-corrected chi connectivity index (χ1v) is 10.3. The van der Waals surface area contributed by atoms with Gasteiger partial charge in [-0.05, 0) is 30.2 Å². The van der Waals surface area contributed by atoms with Gasteiger partial charge in [-0.2, -0.15) is 0 Å². The number of aliphatic hydroxyl groups is 1. The number of hydrogen-bond acceptors (Lipinski definition) is 4. The second kappa shape index (κ2) is 9.45. The molecule has 0 aliphatic carbocycles. The minimum absolute atomic E-state index is 0.195. The lowest BCUT2D eigenvalue weighted by atomic mass is 10.1. The molecule has 0 bridgehead atoms. The van der Waals surface area contributed by atoms with Crippen molar-refractivity contribution in [2.45, 2.75) is 19.4 Å². The summed E-state index contributed by atoms with van der Waals surface area (Å²) in [6.45, 7) is 2.11. The molecular weight excluding hydrogens is 390 g/mol. The topological polar surface area (TPSA) is 75.9 Å². The maximum atomic E-state index is 13.1. The van der Waals surface area contributed by atoms with E-state index in [0.29, 0.717) is 29.4 Å². The number of hydrogen-bond donors (Lipinski definition) is 2. The molecule has 6 nitrogen and oxygen atoms in total. The third kappa shape index (κ3) is 4.59. The van der Waals surface area contributed by atoms with E-state index in [1.165, 1.54) is 5.56 Å². The first-order chi connectivity index (χ1) is 15.2. The number of amides is 1. The number of carbonyl (C=O) groups excluding carboxylic acids is 1. The number of carbonyl (C=O) groups is 1. The lowest BCUT2D eigenvalue weighted by Gasteiger charge is -2.17. The van der Waals surface area contributed by atoms with Crippen LogP contribution in [-0.2, 0) is 6.42 Å². The Morgan fingerprint density at radius 3 is 2.48 bits per heavy atom. The van der Waals surface area contributed by atoms with Crippen molar-refractivity contribution >= 4 is 11.6 Å². The molecule has 2 heterocycles. The number of aliphatic hydroxyl groups excluding tert-OH is 1. The molecule has 0 unspecified atom stereocenters. The van der Waals surface area contributed by atoms with Gasteiger partial charge >= 0.3 is 0 Å². The van der Waals surface area contributed by atoms with Crippen molar-refractivity contribution < 1.29 is 14.6 Å². The maximum absolute atomic E-state index is 13.1. The van der Waals surface area contributed by atoms with Crippen LogP contribution in [0.5, 0.6) is 5.75 Å². The second-order valence-electron chi connectivity index (χ2n) is 7.32. The summed E-state index contributed by atoms with van der Waals surface area (Å²) in [4.78, 5) is 17.6. The zero-order chi connectivity index (χ0) is 21.6. The zero-order valence-electron chi connectivity index (χ0n) is 17.4. The summed E-state index contributed by atoms with van der Waals surface area (Å²) in [5.41, 5.74) is 3.66. The average Bonchev–Trinajstić information content (AvgIpc) is 3.15. The third-order valence-electron chi connectivity index (χ3n) is 5.18. The van der Waals surface area contributed by atoms with E-state index in [1.54, 1.807) is 17.5 Å². The van der Waals surface area contributed by atoms with Crippen LogP contribution in [0, 0.1) is 6.92 Å². The predicted octanol–water partition coefficient (Wildman–Crippen LogP) is 3.73. The molecule has 0 aliphatic heterocycles. The molecule has 0 aliphatic rings. The lowest BCUT2D eigenvalue weighted by Crippen LogP contribution is -2.32. The number of nitrogens with one attached hydrogen (secondary N) is 1. The van der Waals surface area contributed by atoms with Crippen LogP contribution in [-0.4, -0.2) is 33.6 Å². The van der Waals surface area contributed by atoms with Gasteiger partial charge in [-0.3, -0.25) is 9.20 Å². The number of aryl methyl sites for hydroxylation is 1. The maximum Gasteiger partial charge on any atom is 0.270 e. The van der Waals surface area contributed by atoms with Crippen LogP contribution in [0.25, 0.3) is 5.65 Å². The van der Waals surface area contributed by atoms with Gasteiger partial charge in [-0.25, -0.2) is 4.98 Å². The Bertz CT molecular complexity index is 1160. The Hall–Kier alpha value is -3.64. The fourth-order valence-corrected chi connectivity index (χ4v) is 3.61. The van der Waals surface area contributed by atoms with Gasteiger partial charge in [0.05, 0.1) is 24.9 Å². The molecule has 0 spiro atoms. The number of benzene rings is 2. The molecule has 2 aromatic heterocycles. The summed E-state index contributed by atoms with van der Waals surface area (Å²) in [6.07, 6.45) is 2.58. The van der Waals surface area contributed by atoms with Crippen LogP contribution < -0.4 is 10.1 Å². The molecule has 2 N–H and O–H groups in total. The van der Waals surface area contributed by atoms with Gasteiger partial charge in [0, 0.05) is 12.6 Å². The molecule has 31 heavy (non-hydrogen) atoms. The molecule has 4 aromatic rings. The lowest BCUT2D eigenvalue weighted by molar-refractivity contribution is 0.0909. The molecule has 0 saturated heterocycles. The molecule has 6 heteroatoms. The third-order valence-corrected chi connectivity index (χ3v) is 5.18. The van der Waals surface area contributed by atoms with Crippen molar-refractivity contribution in [1.29, 1.82) is 0 Å². The summed E-state index contributed by atoms with van der Waals surface area (Å²) in [7, 11) is 0. The van der Waals surface area contributed by atoms with E-state index >= 15 is 0 Å². The monoisotopic (exact) mass is 415 g/mol. The quantitative estimate of drug-likeness (QED) is 0.460. The van der Waals surface area contributed by atoms with Crippen molar-refractivity contribution in [3.63, 3.8) is 0 Å². The van der Waals surface area contributed by atoms with Crippen LogP contribution in [0.4, 0.5) is 0 Å². The number of ether oxygens (including phenoxy) is 1. The van der Waals surface area contributed by atoms with Gasteiger partial charge < -0.3 is 15.2 Å². The number of pyridine rings is 1. The summed E-state index contributed by atoms with van der Waals surface area (Å²) in [5, 5.41) is 12.7. The smallest absolute Gasteiger partial charge is 0.270 e. The summed E-state index contributed by atoms with van der Waals surface area (Å²) < 4.78 is 7.73. The molecule has 0 fully saturated rings. The van der Waals surface area contributed by atoms with Crippen molar-refractivity contribution in [2.75, 3.05) is 13.2 Å². The molecule has 0 radical (unpaired) electrons. The summed E-state index contributed by atoms with van der Waals surface area (Å²) in [6, 6.07) is 22.7. The van der Waals surface area contributed by atoms with Gasteiger partial charge in [0.25, 0.3) is 5.91 Å². The van der Waals surface area contributed by atoms with E-state index in [9.17, 15) is 9.90 Å².